The van der Waals surface area contributed by atoms with Crippen LogP contribution in [0.1, 0.15) is 19.4 Å². The van der Waals surface area contributed by atoms with Crippen LogP contribution in [0.15, 0.2) is 24.3 Å². The van der Waals surface area contributed by atoms with Crippen LogP contribution in [0.25, 0.3) is 0 Å². The molecule has 1 aromatic rings. The molecule has 1 rings (SSSR count). The van der Waals surface area contributed by atoms with Crippen LogP contribution in [0.5, 0.6) is 5.75 Å². The van der Waals surface area contributed by atoms with Crippen molar-refractivity contribution in [3.63, 3.8) is 0 Å². The first-order valence-electron chi connectivity index (χ1n) is 8.90. The Balaban J connectivity index is 2.24. The van der Waals surface area contributed by atoms with E-state index in [4.69, 9.17) is 14.7 Å². The van der Waals surface area contributed by atoms with Gasteiger partial charge in [0.15, 0.2) is 0 Å². The molecule has 0 saturated carbocycles. The smallest absolute Gasteiger partial charge is 0.294 e. The van der Waals surface area contributed by atoms with Crippen LogP contribution in [0.2, 0.25) is 0 Å². The van der Waals surface area contributed by atoms with E-state index < -0.39 is 16.7 Å². The molecule has 1 aromatic carbocycles. The molecule has 1 atom stereocenters. The number of ether oxygens (including phenoxy) is 2. The van der Waals surface area contributed by atoms with Gasteiger partial charge in [0.25, 0.3) is 5.09 Å². The van der Waals surface area contributed by atoms with Crippen molar-refractivity contribution < 1.29 is 29.3 Å². The summed E-state index contributed by atoms with van der Waals surface area (Å²) in [6, 6.07) is 8.78. The summed E-state index contributed by atoms with van der Waals surface area (Å²) < 4.78 is 10.4. The molecular formula is C18H26N4O7. The van der Waals surface area contributed by atoms with Crippen molar-refractivity contribution in [1.29, 1.82) is 5.26 Å². The van der Waals surface area contributed by atoms with Crippen molar-refractivity contribution in [2.45, 2.75) is 25.5 Å². The van der Waals surface area contributed by atoms with Crippen LogP contribution in [0, 0.1) is 21.4 Å². The highest BCUT2D eigenvalue weighted by Gasteiger charge is 2.20. The molecule has 1 amide bonds. The van der Waals surface area contributed by atoms with Crippen molar-refractivity contribution in [3.8, 4) is 11.8 Å². The number of carbonyl (C=O) groups excluding carboxylic acids is 1. The lowest BCUT2D eigenvalue weighted by Gasteiger charge is -2.28. The molecule has 0 aliphatic carbocycles. The third kappa shape index (κ3) is 10.8. The van der Waals surface area contributed by atoms with E-state index in [2.05, 4.69) is 15.5 Å². The fourth-order valence-corrected chi connectivity index (χ4v) is 2.09. The van der Waals surface area contributed by atoms with Gasteiger partial charge in [0.05, 0.1) is 12.2 Å². The molecule has 0 bridgehead atoms. The van der Waals surface area contributed by atoms with Crippen LogP contribution in [0.4, 0.5) is 0 Å². The molecular weight excluding hydrogens is 384 g/mol. The van der Waals surface area contributed by atoms with Gasteiger partial charge < -0.3 is 30.1 Å². The summed E-state index contributed by atoms with van der Waals surface area (Å²) in [5.74, 6) is 0.0298. The minimum atomic E-state index is -0.931. The molecule has 11 nitrogen and oxygen atoms in total. The Morgan fingerprint density at radius 3 is 2.79 bits per heavy atom. The van der Waals surface area contributed by atoms with Crippen LogP contribution >= 0.6 is 0 Å². The first-order valence-corrected chi connectivity index (χ1v) is 8.90. The van der Waals surface area contributed by atoms with E-state index in [1.807, 2.05) is 19.9 Å². The molecule has 0 spiro atoms. The SMILES string of the molecule is CC(C)(CNC(=O)COCCO[N+](=O)[O-])NCC(O)COc1ccccc1C#N. The number of hydrogen-bond acceptors (Lipinski definition) is 9. The number of nitriles is 1. The van der Waals surface area contributed by atoms with Gasteiger partial charge in [-0.3, -0.25) is 4.79 Å². The zero-order chi connectivity index (χ0) is 21.7. The topological polar surface area (TPSA) is 156 Å². The molecule has 0 aliphatic heterocycles. The first kappa shape index (κ1) is 24.1. The lowest BCUT2D eigenvalue weighted by molar-refractivity contribution is -0.758. The van der Waals surface area contributed by atoms with Gasteiger partial charge in [0, 0.05) is 18.6 Å². The first-order chi connectivity index (χ1) is 13.7. The molecule has 0 aromatic heterocycles. The second-order valence-electron chi connectivity index (χ2n) is 6.72. The number of amides is 1. The highest BCUT2D eigenvalue weighted by atomic mass is 17.0. The number of hydrogen-bond donors (Lipinski definition) is 3. The second-order valence-corrected chi connectivity index (χ2v) is 6.72. The summed E-state index contributed by atoms with van der Waals surface area (Å²) in [6.45, 7) is 3.62. The van der Waals surface area contributed by atoms with Gasteiger partial charge in [-0.1, -0.05) is 12.1 Å². The monoisotopic (exact) mass is 410 g/mol. The van der Waals surface area contributed by atoms with Crippen molar-refractivity contribution in [2.75, 3.05) is 39.5 Å². The van der Waals surface area contributed by atoms with Crippen molar-refractivity contribution in [2.24, 2.45) is 0 Å². The molecule has 1 unspecified atom stereocenters. The minimum Gasteiger partial charge on any atom is -0.489 e. The highest BCUT2D eigenvalue weighted by Crippen LogP contribution is 2.16. The number of carbonyl (C=O) groups is 1. The molecule has 0 heterocycles. The van der Waals surface area contributed by atoms with Crippen molar-refractivity contribution in [3.05, 3.63) is 39.9 Å². The summed E-state index contributed by atoms with van der Waals surface area (Å²) in [5.41, 5.74) is -0.126. The second kappa shape index (κ2) is 12.5. The normalized spacial score (nSPS) is 11.9. The standard InChI is InChI=1S/C18H26N4O7/c1-18(2,13-20-17(24)12-27-7-8-29-22(25)26)21-10-15(23)11-28-16-6-4-3-5-14(16)9-19/h3-6,15,21,23H,7-8,10-13H2,1-2H3,(H,20,24). The van der Waals surface area contributed by atoms with E-state index in [1.165, 1.54) is 0 Å². The predicted octanol–water partition coefficient (Wildman–Crippen LogP) is 0.00728. The average molecular weight is 410 g/mol. The average Bonchev–Trinajstić information content (AvgIpc) is 2.69. The molecule has 11 heteroatoms. The number of rotatable bonds is 14. The summed E-state index contributed by atoms with van der Waals surface area (Å²) in [5, 5.41) is 33.9. The Kier molecular flexibility index (Phi) is 10.4. The quantitative estimate of drug-likeness (QED) is 0.218. The van der Waals surface area contributed by atoms with Gasteiger partial charge in [-0.15, -0.1) is 10.1 Å². The molecule has 29 heavy (non-hydrogen) atoms. The predicted molar refractivity (Wildman–Crippen MR) is 102 cm³/mol. The number of β-amino-alcohol motifs (C(OH)–C–C–N with tert-alkyl or cyclic N) is 1. The fourth-order valence-electron chi connectivity index (χ4n) is 2.09. The highest BCUT2D eigenvalue weighted by molar-refractivity contribution is 5.77. The molecule has 3 N–H and O–H groups in total. The largest absolute Gasteiger partial charge is 0.489 e. The molecule has 0 radical (unpaired) electrons. The summed E-state index contributed by atoms with van der Waals surface area (Å²) in [6.07, 6.45) is -0.818. The number of nitrogens with zero attached hydrogens (tertiary/aromatic N) is 2. The van der Waals surface area contributed by atoms with Gasteiger partial charge in [-0.2, -0.15) is 5.26 Å². The van der Waals surface area contributed by atoms with Crippen LogP contribution < -0.4 is 15.4 Å². The number of benzene rings is 1. The van der Waals surface area contributed by atoms with Crippen LogP contribution in [-0.2, 0) is 14.4 Å². The lowest BCUT2D eigenvalue weighted by atomic mass is 10.1. The van der Waals surface area contributed by atoms with E-state index in [0.29, 0.717) is 11.3 Å². The Morgan fingerprint density at radius 2 is 2.10 bits per heavy atom. The van der Waals surface area contributed by atoms with E-state index >= 15 is 0 Å². The van der Waals surface area contributed by atoms with Crippen molar-refractivity contribution in [1.82, 2.24) is 10.6 Å². The molecule has 0 aliphatic rings. The van der Waals surface area contributed by atoms with Crippen LogP contribution in [-0.4, -0.2) is 67.3 Å². The van der Waals surface area contributed by atoms with Gasteiger partial charge in [0.2, 0.25) is 5.91 Å². The third-order valence-corrected chi connectivity index (χ3v) is 3.64. The maximum atomic E-state index is 11.7. The van der Waals surface area contributed by atoms with E-state index in [-0.39, 0.29) is 45.4 Å². The minimum absolute atomic E-state index is 0.00813. The molecule has 0 saturated heterocycles. The number of aliphatic hydroxyl groups excluding tert-OH is 1. The maximum Gasteiger partial charge on any atom is 0.294 e. The fraction of sp³-hybridized carbons (Fsp3) is 0.556. The lowest BCUT2D eigenvalue weighted by Crippen LogP contribution is -2.52. The zero-order valence-corrected chi connectivity index (χ0v) is 16.4. The van der Waals surface area contributed by atoms with Gasteiger partial charge in [-0.25, -0.2) is 0 Å². The third-order valence-electron chi connectivity index (χ3n) is 3.64. The maximum absolute atomic E-state index is 11.7. The van der Waals surface area contributed by atoms with Gasteiger partial charge in [-0.05, 0) is 26.0 Å². The summed E-state index contributed by atoms with van der Waals surface area (Å²) in [4.78, 5) is 25.7. The summed E-state index contributed by atoms with van der Waals surface area (Å²) >= 11 is 0. The number of aliphatic hydroxyl groups is 1. The number of para-hydroxylation sites is 1. The van der Waals surface area contributed by atoms with Crippen molar-refractivity contribution >= 4 is 5.91 Å². The zero-order valence-electron chi connectivity index (χ0n) is 16.4. The Hall–Kier alpha value is -2.94. The van der Waals surface area contributed by atoms with Gasteiger partial charge >= 0.3 is 0 Å². The summed E-state index contributed by atoms with van der Waals surface area (Å²) in [7, 11) is 0. The van der Waals surface area contributed by atoms with Gasteiger partial charge in [0.1, 0.15) is 37.7 Å². The molecule has 0 fully saturated rings. The Bertz CT molecular complexity index is 706. The number of nitrogens with one attached hydrogen (secondary N) is 2. The van der Waals surface area contributed by atoms with Crippen LogP contribution in [0.3, 0.4) is 0 Å². The molecule has 160 valence electrons. The Morgan fingerprint density at radius 1 is 1.38 bits per heavy atom. The van der Waals surface area contributed by atoms with E-state index in [9.17, 15) is 20.0 Å². The Labute approximate surface area is 168 Å². The van der Waals surface area contributed by atoms with E-state index in [1.54, 1.807) is 24.3 Å². The van der Waals surface area contributed by atoms with E-state index in [0.717, 1.165) is 0 Å².